The molecule has 0 atom stereocenters. The number of oxazole rings is 1. The van der Waals surface area contributed by atoms with E-state index in [-0.39, 0.29) is 6.54 Å². The number of rotatable bonds is 3. The van der Waals surface area contributed by atoms with E-state index in [1.165, 1.54) is 17.8 Å². The standard InChI is InChI=1S/C13H13F3N2OS/c1-7-8(2)19-12(18-7)20-11-4-3-10(13(14,15)16)5-9(11)6-17/h3-5H,6,17H2,1-2H3. The fourth-order valence-corrected chi connectivity index (χ4v) is 2.54. The van der Waals surface area contributed by atoms with Crippen molar-refractivity contribution in [3.63, 3.8) is 0 Å². The van der Waals surface area contributed by atoms with Crippen LogP contribution in [0.15, 0.2) is 32.7 Å². The van der Waals surface area contributed by atoms with Gasteiger partial charge in [-0.05, 0) is 49.4 Å². The van der Waals surface area contributed by atoms with Gasteiger partial charge in [-0.2, -0.15) is 13.2 Å². The van der Waals surface area contributed by atoms with E-state index in [2.05, 4.69) is 4.98 Å². The van der Waals surface area contributed by atoms with Crippen molar-refractivity contribution >= 4 is 11.8 Å². The molecule has 0 spiro atoms. The fraction of sp³-hybridized carbons (Fsp3) is 0.308. The van der Waals surface area contributed by atoms with Gasteiger partial charge in [0.2, 0.25) is 0 Å². The third-order valence-electron chi connectivity index (χ3n) is 2.81. The maximum Gasteiger partial charge on any atom is 0.416 e. The second kappa shape index (κ2) is 5.49. The number of nitrogens with two attached hydrogens (primary N) is 1. The summed E-state index contributed by atoms with van der Waals surface area (Å²) >= 11 is 1.17. The predicted molar refractivity (Wildman–Crippen MR) is 69.4 cm³/mol. The van der Waals surface area contributed by atoms with Crippen LogP contribution in [0.2, 0.25) is 0 Å². The molecule has 108 valence electrons. The first kappa shape index (κ1) is 14.9. The Labute approximate surface area is 118 Å². The summed E-state index contributed by atoms with van der Waals surface area (Å²) in [6.07, 6.45) is -4.37. The lowest BCUT2D eigenvalue weighted by atomic mass is 10.1. The summed E-state index contributed by atoms with van der Waals surface area (Å²) in [6, 6.07) is 3.49. The first-order valence-corrected chi connectivity index (χ1v) is 6.65. The fourth-order valence-electron chi connectivity index (χ4n) is 1.60. The highest BCUT2D eigenvalue weighted by Gasteiger charge is 2.31. The van der Waals surface area contributed by atoms with E-state index in [0.717, 1.165) is 17.8 Å². The maximum absolute atomic E-state index is 12.6. The van der Waals surface area contributed by atoms with Gasteiger partial charge in [0.25, 0.3) is 5.22 Å². The Morgan fingerprint density at radius 1 is 1.30 bits per heavy atom. The lowest BCUT2D eigenvalue weighted by molar-refractivity contribution is -0.137. The number of nitrogens with zero attached hydrogens (tertiary/aromatic N) is 1. The minimum Gasteiger partial charge on any atom is -0.436 e. The quantitative estimate of drug-likeness (QED) is 0.933. The second-order valence-electron chi connectivity index (χ2n) is 4.25. The van der Waals surface area contributed by atoms with Crippen molar-refractivity contribution in [2.45, 2.75) is 36.7 Å². The van der Waals surface area contributed by atoms with E-state index in [1.54, 1.807) is 13.8 Å². The molecule has 0 saturated carbocycles. The van der Waals surface area contributed by atoms with E-state index in [1.807, 2.05) is 0 Å². The molecule has 20 heavy (non-hydrogen) atoms. The zero-order valence-corrected chi connectivity index (χ0v) is 11.7. The van der Waals surface area contributed by atoms with Crippen LogP contribution in [0.4, 0.5) is 13.2 Å². The summed E-state index contributed by atoms with van der Waals surface area (Å²) < 4.78 is 43.3. The van der Waals surface area contributed by atoms with E-state index in [0.29, 0.717) is 21.4 Å². The summed E-state index contributed by atoms with van der Waals surface area (Å²) in [6.45, 7) is 3.60. The normalized spacial score (nSPS) is 11.9. The van der Waals surface area contributed by atoms with Crippen LogP contribution in [-0.2, 0) is 12.7 Å². The van der Waals surface area contributed by atoms with Crippen LogP contribution >= 0.6 is 11.8 Å². The molecule has 2 rings (SSSR count). The Bertz CT molecular complexity index is 603. The molecule has 0 aliphatic heterocycles. The lowest BCUT2D eigenvalue weighted by Gasteiger charge is -2.11. The Hall–Kier alpha value is -1.47. The average Bonchev–Trinajstić information content (AvgIpc) is 2.67. The van der Waals surface area contributed by atoms with Gasteiger partial charge in [0.05, 0.1) is 11.3 Å². The van der Waals surface area contributed by atoms with Gasteiger partial charge in [-0.3, -0.25) is 0 Å². The third-order valence-corrected chi connectivity index (χ3v) is 3.78. The molecule has 1 aromatic carbocycles. The number of aromatic nitrogens is 1. The van der Waals surface area contributed by atoms with E-state index < -0.39 is 11.7 Å². The second-order valence-corrected chi connectivity index (χ2v) is 5.24. The number of alkyl halides is 3. The van der Waals surface area contributed by atoms with Crippen molar-refractivity contribution in [2.24, 2.45) is 5.73 Å². The maximum atomic E-state index is 12.6. The molecule has 0 bridgehead atoms. The molecular formula is C13H13F3N2OS. The molecule has 7 heteroatoms. The van der Waals surface area contributed by atoms with Crippen molar-refractivity contribution in [1.82, 2.24) is 4.98 Å². The predicted octanol–water partition coefficient (Wildman–Crippen LogP) is 3.92. The van der Waals surface area contributed by atoms with Crippen LogP contribution in [0.1, 0.15) is 22.6 Å². The van der Waals surface area contributed by atoms with Gasteiger partial charge < -0.3 is 10.2 Å². The molecular weight excluding hydrogens is 289 g/mol. The number of benzene rings is 1. The van der Waals surface area contributed by atoms with Gasteiger partial charge in [-0.1, -0.05) is 0 Å². The van der Waals surface area contributed by atoms with Crippen LogP contribution < -0.4 is 5.73 Å². The molecule has 2 N–H and O–H groups in total. The van der Waals surface area contributed by atoms with Crippen LogP contribution in [0, 0.1) is 13.8 Å². The number of halogens is 3. The first-order chi connectivity index (χ1) is 9.31. The van der Waals surface area contributed by atoms with Crippen LogP contribution in [0.5, 0.6) is 0 Å². The van der Waals surface area contributed by atoms with Gasteiger partial charge in [0, 0.05) is 11.4 Å². The van der Waals surface area contributed by atoms with Crippen molar-refractivity contribution in [3.05, 3.63) is 40.8 Å². The largest absolute Gasteiger partial charge is 0.436 e. The van der Waals surface area contributed by atoms with Crippen LogP contribution in [0.3, 0.4) is 0 Å². The van der Waals surface area contributed by atoms with Crippen molar-refractivity contribution < 1.29 is 17.6 Å². The summed E-state index contributed by atoms with van der Waals surface area (Å²) in [5.74, 6) is 0.689. The highest BCUT2D eigenvalue weighted by Crippen LogP contribution is 2.35. The summed E-state index contributed by atoms with van der Waals surface area (Å²) in [7, 11) is 0. The molecule has 0 saturated heterocycles. The Balaban J connectivity index is 2.32. The lowest BCUT2D eigenvalue weighted by Crippen LogP contribution is -2.07. The third kappa shape index (κ3) is 3.16. The van der Waals surface area contributed by atoms with Gasteiger partial charge in [-0.25, -0.2) is 4.98 Å². The van der Waals surface area contributed by atoms with Crippen molar-refractivity contribution in [2.75, 3.05) is 0 Å². The molecule has 2 aromatic rings. The highest BCUT2D eigenvalue weighted by molar-refractivity contribution is 7.99. The smallest absolute Gasteiger partial charge is 0.416 e. The molecule has 3 nitrogen and oxygen atoms in total. The molecule has 0 radical (unpaired) electrons. The molecule has 0 unspecified atom stereocenters. The molecule has 0 aliphatic carbocycles. The first-order valence-electron chi connectivity index (χ1n) is 5.83. The minimum absolute atomic E-state index is 0.0188. The Morgan fingerprint density at radius 2 is 2.00 bits per heavy atom. The zero-order valence-electron chi connectivity index (χ0n) is 10.9. The molecule has 1 aromatic heterocycles. The van der Waals surface area contributed by atoms with Gasteiger partial charge in [0.1, 0.15) is 5.76 Å². The van der Waals surface area contributed by atoms with Crippen LogP contribution in [0.25, 0.3) is 0 Å². The SMILES string of the molecule is Cc1nc(Sc2ccc(C(F)(F)F)cc2CN)oc1C. The van der Waals surface area contributed by atoms with Crippen molar-refractivity contribution in [3.8, 4) is 0 Å². The topological polar surface area (TPSA) is 52.0 Å². The van der Waals surface area contributed by atoms with Crippen LogP contribution in [-0.4, -0.2) is 4.98 Å². The number of hydrogen-bond acceptors (Lipinski definition) is 4. The highest BCUT2D eigenvalue weighted by atomic mass is 32.2. The summed E-state index contributed by atoms with van der Waals surface area (Å²) in [5.41, 5.74) is 5.99. The van der Waals surface area contributed by atoms with Crippen molar-refractivity contribution in [1.29, 1.82) is 0 Å². The molecule has 0 amide bonds. The van der Waals surface area contributed by atoms with Gasteiger partial charge in [0.15, 0.2) is 0 Å². The summed E-state index contributed by atoms with van der Waals surface area (Å²) in [5, 5.41) is 0.398. The average molecular weight is 302 g/mol. The number of hydrogen-bond donors (Lipinski definition) is 1. The number of aryl methyl sites for hydroxylation is 2. The Morgan fingerprint density at radius 3 is 2.50 bits per heavy atom. The van der Waals surface area contributed by atoms with E-state index >= 15 is 0 Å². The minimum atomic E-state index is -4.37. The van der Waals surface area contributed by atoms with Gasteiger partial charge >= 0.3 is 6.18 Å². The Kier molecular flexibility index (Phi) is 4.10. The molecule has 0 fully saturated rings. The zero-order chi connectivity index (χ0) is 14.9. The van der Waals surface area contributed by atoms with Gasteiger partial charge in [-0.15, -0.1) is 0 Å². The summed E-state index contributed by atoms with van der Waals surface area (Å²) in [4.78, 5) is 4.80. The molecule has 1 heterocycles. The molecule has 0 aliphatic rings. The monoisotopic (exact) mass is 302 g/mol. The van der Waals surface area contributed by atoms with E-state index in [4.69, 9.17) is 10.2 Å². The van der Waals surface area contributed by atoms with E-state index in [9.17, 15) is 13.2 Å².